The summed E-state index contributed by atoms with van der Waals surface area (Å²) in [5, 5.41) is 11.7. The van der Waals surface area contributed by atoms with Crippen molar-refractivity contribution < 1.29 is 4.79 Å². The molecule has 27 heavy (non-hydrogen) atoms. The van der Waals surface area contributed by atoms with Crippen molar-refractivity contribution >= 4 is 11.6 Å². The van der Waals surface area contributed by atoms with Crippen molar-refractivity contribution in [2.24, 2.45) is 0 Å². The van der Waals surface area contributed by atoms with Crippen molar-refractivity contribution in [3.05, 3.63) is 49.1 Å². The van der Waals surface area contributed by atoms with E-state index < -0.39 is 0 Å². The lowest BCUT2D eigenvalue weighted by molar-refractivity contribution is -0.116. The number of aromatic nitrogens is 5. The first kappa shape index (κ1) is 17.4. The second-order valence-corrected chi connectivity index (χ2v) is 6.92. The van der Waals surface area contributed by atoms with E-state index in [-0.39, 0.29) is 12.5 Å². The Morgan fingerprint density at radius 1 is 1.22 bits per heavy atom. The number of nitrogens with one attached hydrogen (secondary N) is 1. The van der Waals surface area contributed by atoms with Gasteiger partial charge in [-0.25, -0.2) is 9.67 Å². The molecule has 140 valence electrons. The molecule has 0 aliphatic carbocycles. The van der Waals surface area contributed by atoms with Crippen LogP contribution in [0.1, 0.15) is 18.9 Å². The molecule has 1 N–H and O–H groups in total. The third kappa shape index (κ3) is 4.22. The van der Waals surface area contributed by atoms with E-state index in [0.717, 1.165) is 31.5 Å². The first-order valence-corrected chi connectivity index (χ1v) is 9.15. The molecular formula is C19H23N7O. The van der Waals surface area contributed by atoms with Crippen LogP contribution in [-0.2, 0) is 11.3 Å². The first-order chi connectivity index (χ1) is 13.2. The number of rotatable bonds is 5. The van der Waals surface area contributed by atoms with E-state index in [2.05, 4.69) is 32.4 Å². The maximum absolute atomic E-state index is 12.3. The lowest BCUT2D eigenvalue weighted by Crippen LogP contribution is -2.31. The minimum Gasteiger partial charge on any atom is -0.322 e. The van der Waals surface area contributed by atoms with Crippen molar-refractivity contribution in [2.45, 2.75) is 25.4 Å². The molecule has 2 aromatic heterocycles. The third-order valence-electron chi connectivity index (χ3n) is 4.82. The quantitative estimate of drug-likeness (QED) is 0.748. The average molecular weight is 365 g/mol. The highest BCUT2D eigenvalue weighted by Crippen LogP contribution is 2.22. The van der Waals surface area contributed by atoms with Crippen LogP contribution in [0.5, 0.6) is 0 Å². The van der Waals surface area contributed by atoms with Crippen molar-refractivity contribution in [3.63, 3.8) is 0 Å². The molecule has 8 heteroatoms. The molecule has 0 spiro atoms. The predicted molar refractivity (Wildman–Crippen MR) is 102 cm³/mol. The van der Waals surface area contributed by atoms with Gasteiger partial charge in [-0.15, -0.1) is 0 Å². The zero-order chi connectivity index (χ0) is 18.6. The fourth-order valence-corrected chi connectivity index (χ4v) is 3.30. The van der Waals surface area contributed by atoms with Gasteiger partial charge in [-0.1, -0.05) is 30.3 Å². The van der Waals surface area contributed by atoms with E-state index in [0.29, 0.717) is 17.6 Å². The summed E-state index contributed by atoms with van der Waals surface area (Å²) in [6, 6.07) is 10.1. The lowest BCUT2D eigenvalue weighted by Gasteiger charge is -2.28. The summed E-state index contributed by atoms with van der Waals surface area (Å²) < 4.78 is 3.50. The van der Waals surface area contributed by atoms with Crippen LogP contribution in [-0.4, -0.2) is 55.5 Å². The Hall–Kier alpha value is -3.00. The van der Waals surface area contributed by atoms with Crippen molar-refractivity contribution in [1.82, 2.24) is 29.4 Å². The summed E-state index contributed by atoms with van der Waals surface area (Å²) in [5.74, 6) is 0.459. The van der Waals surface area contributed by atoms with Crippen LogP contribution in [0.25, 0.3) is 11.4 Å². The molecule has 0 radical (unpaired) electrons. The molecule has 1 aliphatic rings. The number of carbonyl (C=O) groups is 1. The zero-order valence-corrected chi connectivity index (χ0v) is 15.3. The van der Waals surface area contributed by atoms with Crippen LogP contribution in [0.3, 0.4) is 0 Å². The van der Waals surface area contributed by atoms with Crippen molar-refractivity contribution in [2.75, 3.05) is 25.5 Å². The lowest BCUT2D eigenvalue weighted by atomic mass is 10.1. The molecular weight excluding hydrogens is 342 g/mol. The fraction of sp³-hybridized carbons (Fsp3) is 0.368. The van der Waals surface area contributed by atoms with Gasteiger partial charge >= 0.3 is 0 Å². The predicted octanol–water partition coefficient (Wildman–Crippen LogP) is 2.05. The largest absolute Gasteiger partial charge is 0.322 e. The Morgan fingerprint density at radius 3 is 2.78 bits per heavy atom. The topological polar surface area (TPSA) is 80.9 Å². The monoisotopic (exact) mass is 365 g/mol. The molecule has 4 rings (SSSR count). The van der Waals surface area contributed by atoms with Crippen LogP contribution in [0, 0.1) is 0 Å². The number of carbonyl (C=O) groups excluding carboxylic acids is 1. The smallest absolute Gasteiger partial charge is 0.246 e. The second kappa shape index (κ2) is 7.71. The van der Waals surface area contributed by atoms with Crippen LogP contribution in [0.2, 0.25) is 0 Å². The average Bonchev–Trinajstić information content (AvgIpc) is 3.33. The molecule has 0 unspecified atom stereocenters. The summed E-state index contributed by atoms with van der Waals surface area (Å²) in [5.41, 5.74) is 1.64. The van der Waals surface area contributed by atoms with Crippen LogP contribution >= 0.6 is 0 Å². The highest BCUT2D eigenvalue weighted by atomic mass is 16.2. The van der Waals surface area contributed by atoms with Gasteiger partial charge in [0.2, 0.25) is 5.91 Å². The summed E-state index contributed by atoms with van der Waals surface area (Å²) in [6.07, 6.45) is 7.33. The molecule has 0 bridgehead atoms. The first-order valence-electron chi connectivity index (χ1n) is 9.15. The maximum atomic E-state index is 12.3. The van der Waals surface area contributed by atoms with E-state index in [1.165, 1.54) is 0 Å². The van der Waals surface area contributed by atoms with Gasteiger partial charge in [0, 0.05) is 11.8 Å². The van der Waals surface area contributed by atoms with Gasteiger partial charge in [-0.3, -0.25) is 9.48 Å². The van der Waals surface area contributed by atoms with E-state index in [9.17, 15) is 4.79 Å². The Morgan fingerprint density at radius 2 is 2.00 bits per heavy atom. The summed E-state index contributed by atoms with van der Waals surface area (Å²) >= 11 is 0. The van der Waals surface area contributed by atoms with Crippen molar-refractivity contribution in [1.29, 1.82) is 0 Å². The normalized spacial score (nSPS) is 15.7. The van der Waals surface area contributed by atoms with Gasteiger partial charge < -0.3 is 10.2 Å². The number of benzene rings is 1. The molecule has 1 aliphatic heterocycles. The zero-order valence-electron chi connectivity index (χ0n) is 15.3. The molecule has 3 heterocycles. The van der Waals surface area contributed by atoms with Crippen LogP contribution in [0.4, 0.5) is 5.69 Å². The Kier molecular flexibility index (Phi) is 4.97. The van der Waals surface area contributed by atoms with Gasteiger partial charge in [0.15, 0.2) is 5.82 Å². The minimum absolute atomic E-state index is 0.110. The number of hydrogen-bond donors (Lipinski definition) is 1. The molecule has 8 nitrogen and oxygen atoms in total. The summed E-state index contributed by atoms with van der Waals surface area (Å²) in [4.78, 5) is 18.9. The van der Waals surface area contributed by atoms with Gasteiger partial charge in [0.05, 0.1) is 17.9 Å². The minimum atomic E-state index is -0.151. The number of hydrogen-bond acceptors (Lipinski definition) is 5. The Labute approximate surface area is 157 Å². The van der Waals surface area contributed by atoms with E-state index in [1.54, 1.807) is 17.2 Å². The summed E-state index contributed by atoms with van der Waals surface area (Å²) in [7, 11) is 2.14. The SMILES string of the molecule is CN1CCC(n2cc(NC(=O)Cn3cnc(-c4ccccc4)n3)cn2)CC1. The van der Waals surface area contributed by atoms with Gasteiger partial charge in [-0.2, -0.15) is 10.2 Å². The number of likely N-dealkylation sites (tertiary alicyclic amines) is 1. The Bertz CT molecular complexity index is 894. The van der Waals surface area contributed by atoms with Crippen LogP contribution < -0.4 is 5.32 Å². The molecule has 1 aromatic carbocycles. The van der Waals surface area contributed by atoms with Gasteiger partial charge in [0.1, 0.15) is 12.9 Å². The summed E-state index contributed by atoms with van der Waals surface area (Å²) in [6.45, 7) is 2.25. The van der Waals surface area contributed by atoms with Gasteiger partial charge in [0.25, 0.3) is 0 Å². The number of amides is 1. The molecule has 3 aromatic rings. The standard InChI is InChI=1S/C19H23N7O/c1-24-9-7-17(8-10-24)26-12-16(11-21-26)22-18(27)13-25-14-20-19(23-25)15-5-3-2-4-6-15/h2-6,11-12,14,17H,7-10,13H2,1H3,(H,22,27). The van der Waals surface area contributed by atoms with Crippen molar-refractivity contribution in [3.8, 4) is 11.4 Å². The number of piperidine rings is 1. The molecule has 1 saturated heterocycles. The number of nitrogens with zero attached hydrogens (tertiary/aromatic N) is 6. The third-order valence-corrected chi connectivity index (χ3v) is 4.82. The van der Waals surface area contributed by atoms with E-state index >= 15 is 0 Å². The molecule has 1 fully saturated rings. The second-order valence-electron chi connectivity index (χ2n) is 6.92. The number of anilines is 1. The van der Waals surface area contributed by atoms with Gasteiger partial charge in [-0.05, 0) is 33.0 Å². The molecule has 0 saturated carbocycles. The van der Waals surface area contributed by atoms with E-state index in [1.807, 2.05) is 41.2 Å². The molecule has 1 amide bonds. The molecule has 0 atom stereocenters. The maximum Gasteiger partial charge on any atom is 0.246 e. The fourth-order valence-electron chi connectivity index (χ4n) is 3.30. The van der Waals surface area contributed by atoms with E-state index in [4.69, 9.17) is 0 Å². The Balaban J connectivity index is 1.34. The highest BCUT2D eigenvalue weighted by Gasteiger charge is 2.19. The highest BCUT2D eigenvalue weighted by molar-refractivity contribution is 5.90. The van der Waals surface area contributed by atoms with Crippen LogP contribution in [0.15, 0.2) is 49.1 Å².